The van der Waals surface area contributed by atoms with Crippen molar-refractivity contribution in [1.82, 2.24) is 9.80 Å². The molecule has 2 aromatic rings. The zero-order chi connectivity index (χ0) is 24.5. The highest BCUT2D eigenvalue weighted by molar-refractivity contribution is 6.46. The van der Waals surface area contributed by atoms with Gasteiger partial charge >= 0.3 is 0 Å². The number of aliphatic hydroxyl groups is 1. The van der Waals surface area contributed by atoms with E-state index in [1.165, 1.54) is 0 Å². The number of rotatable bonds is 6. The van der Waals surface area contributed by atoms with Crippen molar-refractivity contribution in [2.45, 2.75) is 39.2 Å². The van der Waals surface area contributed by atoms with Crippen molar-refractivity contribution in [3.05, 3.63) is 70.3 Å². The Kier molecular flexibility index (Phi) is 6.98. The molecule has 33 heavy (non-hydrogen) atoms. The molecule has 1 N–H and O–H groups in total. The number of hydrogen-bond donors (Lipinski definition) is 1. The first-order valence-electron chi connectivity index (χ1n) is 11.1. The molecule has 1 fully saturated rings. The van der Waals surface area contributed by atoms with Crippen LogP contribution >= 0.6 is 0 Å². The Balaban J connectivity index is 2.15. The van der Waals surface area contributed by atoms with Gasteiger partial charge in [0, 0.05) is 18.7 Å². The maximum atomic E-state index is 13.1. The number of Topliss-reactive ketones (excluding diaryl/α,β-unsaturated/α-hetero) is 1. The quantitative estimate of drug-likeness (QED) is 0.404. The Labute approximate surface area is 196 Å². The van der Waals surface area contributed by atoms with Crippen molar-refractivity contribution in [3.8, 4) is 5.75 Å². The lowest BCUT2D eigenvalue weighted by Crippen LogP contribution is -2.35. The fourth-order valence-corrected chi connectivity index (χ4v) is 4.11. The van der Waals surface area contributed by atoms with Crippen molar-refractivity contribution in [2.75, 3.05) is 34.3 Å². The van der Waals surface area contributed by atoms with E-state index in [9.17, 15) is 14.7 Å². The third-order valence-electron chi connectivity index (χ3n) is 6.09. The van der Waals surface area contributed by atoms with Gasteiger partial charge in [0.05, 0.1) is 18.7 Å². The van der Waals surface area contributed by atoms with Gasteiger partial charge in [-0.3, -0.25) is 9.59 Å². The van der Waals surface area contributed by atoms with Gasteiger partial charge in [-0.2, -0.15) is 0 Å². The van der Waals surface area contributed by atoms with Crippen LogP contribution in [-0.2, 0) is 15.0 Å². The van der Waals surface area contributed by atoms with Crippen LogP contribution in [0.25, 0.3) is 5.76 Å². The van der Waals surface area contributed by atoms with Gasteiger partial charge in [0.1, 0.15) is 11.5 Å². The van der Waals surface area contributed by atoms with Gasteiger partial charge in [-0.25, -0.2) is 0 Å². The largest absolute Gasteiger partial charge is 0.507 e. The van der Waals surface area contributed by atoms with Crippen LogP contribution in [0.2, 0.25) is 0 Å². The summed E-state index contributed by atoms with van der Waals surface area (Å²) in [4.78, 5) is 29.7. The first-order chi connectivity index (χ1) is 15.5. The predicted octanol–water partition coefficient (Wildman–Crippen LogP) is 4.28. The Morgan fingerprint density at radius 3 is 2.24 bits per heavy atom. The van der Waals surface area contributed by atoms with Crippen molar-refractivity contribution in [2.24, 2.45) is 0 Å². The molecule has 0 radical (unpaired) electrons. The van der Waals surface area contributed by atoms with Crippen LogP contribution in [0.5, 0.6) is 5.75 Å². The Hall–Kier alpha value is -3.12. The highest BCUT2D eigenvalue weighted by atomic mass is 16.5. The summed E-state index contributed by atoms with van der Waals surface area (Å²) in [5.41, 5.74) is 3.36. The van der Waals surface area contributed by atoms with Gasteiger partial charge in [0.15, 0.2) is 0 Å². The highest BCUT2D eigenvalue weighted by Gasteiger charge is 2.46. The molecule has 2 aromatic carbocycles. The van der Waals surface area contributed by atoms with Crippen LogP contribution in [-0.4, -0.2) is 60.9 Å². The molecule has 1 saturated heterocycles. The summed E-state index contributed by atoms with van der Waals surface area (Å²) in [6.45, 7) is 9.26. The Morgan fingerprint density at radius 2 is 1.73 bits per heavy atom. The fraction of sp³-hybridized carbons (Fsp3) is 0.407. The minimum absolute atomic E-state index is 0.0219. The Bertz CT molecular complexity index is 1080. The molecule has 6 heteroatoms. The standard InChI is InChI=1S/C27H34N2O4/c1-17-16-19(10-13-21(17)33-7)24(30)22-23(18-8-11-20(12-9-18)27(2,3)4)29(15-14-28(5)6)26(32)25(22)31/h8-13,16,23,30H,14-15H2,1-7H3/b24-22+/t23-/m0/s1. The van der Waals surface area contributed by atoms with Crippen LogP contribution in [0.3, 0.4) is 0 Å². The normalized spacial score (nSPS) is 18.3. The fourth-order valence-electron chi connectivity index (χ4n) is 4.11. The van der Waals surface area contributed by atoms with Crippen LogP contribution in [0.4, 0.5) is 0 Å². The molecule has 0 aromatic heterocycles. The summed E-state index contributed by atoms with van der Waals surface area (Å²) in [5.74, 6) is -0.734. The summed E-state index contributed by atoms with van der Waals surface area (Å²) in [5, 5.41) is 11.2. The maximum absolute atomic E-state index is 13.1. The average Bonchev–Trinajstić information content (AvgIpc) is 3.01. The topological polar surface area (TPSA) is 70.1 Å². The minimum atomic E-state index is -0.662. The van der Waals surface area contributed by atoms with Gasteiger partial charge < -0.3 is 19.6 Å². The number of carbonyl (C=O) groups is 2. The van der Waals surface area contributed by atoms with E-state index >= 15 is 0 Å². The lowest BCUT2D eigenvalue weighted by molar-refractivity contribution is -0.140. The molecular weight excluding hydrogens is 416 g/mol. The summed E-state index contributed by atoms with van der Waals surface area (Å²) >= 11 is 0. The van der Waals surface area contributed by atoms with E-state index in [1.54, 1.807) is 30.2 Å². The maximum Gasteiger partial charge on any atom is 0.295 e. The van der Waals surface area contributed by atoms with E-state index in [2.05, 4.69) is 20.8 Å². The molecule has 1 atom stereocenters. The van der Waals surface area contributed by atoms with Crippen LogP contribution in [0.15, 0.2) is 48.0 Å². The highest BCUT2D eigenvalue weighted by Crippen LogP contribution is 2.40. The number of benzene rings is 2. The summed E-state index contributed by atoms with van der Waals surface area (Å²) in [6, 6.07) is 12.5. The molecule has 176 valence electrons. The van der Waals surface area contributed by atoms with Gasteiger partial charge in [-0.15, -0.1) is 0 Å². The van der Waals surface area contributed by atoms with E-state index in [1.807, 2.05) is 50.2 Å². The molecule has 1 aliphatic heterocycles. The van der Waals surface area contributed by atoms with E-state index in [-0.39, 0.29) is 16.7 Å². The molecule has 6 nitrogen and oxygen atoms in total. The van der Waals surface area contributed by atoms with E-state index in [0.29, 0.717) is 24.4 Å². The lowest BCUT2D eigenvalue weighted by Gasteiger charge is -2.27. The number of nitrogens with zero attached hydrogens (tertiary/aromatic N) is 2. The zero-order valence-electron chi connectivity index (χ0n) is 20.6. The van der Waals surface area contributed by atoms with Gasteiger partial charge in [-0.1, -0.05) is 45.0 Å². The number of ketones is 1. The molecule has 3 rings (SSSR count). The monoisotopic (exact) mass is 450 g/mol. The predicted molar refractivity (Wildman–Crippen MR) is 130 cm³/mol. The number of methoxy groups -OCH3 is 1. The molecule has 0 saturated carbocycles. The molecule has 1 amide bonds. The van der Waals surface area contributed by atoms with E-state index in [0.717, 1.165) is 16.7 Å². The second-order valence-corrected chi connectivity index (χ2v) is 9.85. The van der Waals surface area contributed by atoms with Crippen LogP contribution in [0.1, 0.15) is 49.1 Å². The summed E-state index contributed by atoms with van der Waals surface area (Å²) in [6.07, 6.45) is 0. The zero-order valence-corrected chi connectivity index (χ0v) is 20.6. The minimum Gasteiger partial charge on any atom is -0.507 e. The van der Waals surface area contributed by atoms with E-state index in [4.69, 9.17) is 4.74 Å². The number of amides is 1. The van der Waals surface area contributed by atoms with Gasteiger partial charge in [0.25, 0.3) is 11.7 Å². The summed E-state index contributed by atoms with van der Waals surface area (Å²) < 4.78 is 5.31. The third-order valence-corrected chi connectivity index (χ3v) is 6.09. The molecule has 0 spiro atoms. The summed E-state index contributed by atoms with van der Waals surface area (Å²) in [7, 11) is 5.42. The number of ether oxygens (including phenoxy) is 1. The first-order valence-corrected chi connectivity index (χ1v) is 11.1. The molecule has 1 aliphatic rings. The smallest absolute Gasteiger partial charge is 0.295 e. The number of hydrogen-bond acceptors (Lipinski definition) is 5. The second kappa shape index (κ2) is 9.40. The molecular formula is C27H34N2O4. The van der Waals surface area contributed by atoms with Crippen LogP contribution < -0.4 is 4.74 Å². The Morgan fingerprint density at radius 1 is 1.09 bits per heavy atom. The number of likely N-dealkylation sites (N-methyl/N-ethyl adjacent to an activating group) is 1. The average molecular weight is 451 g/mol. The van der Waals surface area contributed by atoms with E-state index < -0.39 is 17.7 Å². The number of likely N-dealkylation sites (tertiary alicyclic amines) is 1. The first kappa shape index (κ1) is 24.5. The number of aliphatic hydroxyl groups excluding tert-OH is 1. The van der Waals surface area contributed by atoms with Crippen molar-refractivity contribution in [1.29, 1.82) is 0 Å². The third kappa shape index (κ3) is 4.96. The van der Waals surface area contributed by atoms with Crippen LogP contribution in [0, 0.1) is 6.92 Å². The second-order valence-electron chi connectivity index (χ2n) is 9.85. The number of carbonyl (C=O) groups excluding carboxylic acids is 2. The van der Waals surface area contributed by atoms with Crippen molar-refractivity contribution >= 4 is 17.4 Å². The van der Waals surface area contributed by atoms with Crippen molar-refractivity contribution in [3.63, 3.8) is 0 Å². The van der Waals surface area contributed by atoms with Gasteiger partial charge in [-0.05, 0) is 61.3 Å². The SMILES string of the molecule is COc1ccc(/C(O)=C2\C(=O)C(=O)N(CCN(C)C)[C@H]2c2ccc(C(C)(C)C)cc2)cc1C. The number of aryl methyl sites for hydroxylation is 1. The molecule has 0 bridgehead atoms. The molecule has 0 unspecified atom stereocenters. The lowest BCUT2D eigenvalue weighted by atomic mass is 9.85. The van der Waals surface area contributed by atoms with Gasteiger partial charge in [0.2, 0.25) is 0 Å². The van der Waals surface area contributed by atoms with Crippen molar-refractivity contribution < 1.29 is 19.4 Å². The molecule has 0 aliphatic carbocycles. The molecule has 1 heterocycles.